The molecule has 1 aromatic carbocycles. The fourth-order valence-electron chi connectivity index (χ4n) is 4.47. The monoisotopic (exact) mass is 493 g/mol. The molecule has 4 rings (SSSR count). The lowest BCUT2D eigenvalue weighted by Crippen LogP contribution is -2.32. The Hall–Kier alpha value is -3.85. The summed E-state index contributed by atoms with van der Waals surface area (Å²) in [7, 11) is 3.06. The molecule has 1 aliphatic rings. The summed E-state index contributed by atoms with van der Waals surface area (Å²) in [5, 5.41) is 11.5. The Morgan fingerprint density at radius 2 is 1.92 bits per heavy atom. The number of carbonyl (C=O) groups excluding carboxylic acids is 2. The van der Waals surface area contributed by atoms with E-state index in [0.29, 0.717) is 40.7 Å². The van der Waals surface area contributed by atoms with Crippen LogP contribution in [0.4, 0.5) is 0 Å². The van der Waals surface area contributed by atoms with Crippen LogP contribution in [0.2, 0.25) is 0 Å². The van der Waals surface area contributed by atoms with E-state index in [-0.39, 0.29) is 24.5 Å². The second-order valence-corrected chi connectivity index (χ2v) is 8.57. The molecule has 0 radical (unpaired) electrons. The van der Waals surface area contributed by atoms with Crippen LogP contribution in [0.1, 0.15) is 42.8 Å². The smallest absolute Gasteiger partial charge is 0.295 e. The molecule has 2 aromatic heterocycles. The van der Waals surface area contributed by atoms with Gasteiger partial charge in [0.15, 0.2) is 17.3 Å². The number of nitrogens with zero attached hydrogens (tertiary/aromatic N) is 3. The molecular weight excluding hydrogens is 462 g/mol. The Labute approximate surface area is 209 Å². The number of imidazole rings is 1. The Bertz CT molecular complexity index is 1310. The molecule has 36 heavy (non-hydrogen) atoms. The number of rotatable bonds is 10. The third-order valence-electron chi connectivity index (χ3n) is 6.26. The summed E-state index contributed by atoms with van der Waals surface area (Å²) in [6.07, 6.45) is 3.66. The Kier molecular flexibility index (Phi) is 7.59. The molecule has 0 saturated carbocycles. The largest absolute Gasteiger partial charge is 0.505 e. The van der Waals surface area contributed by atoms with Crippen LogP contribution in [0.15, 0.2) is 48.2 Å². The van der Waals surface area contributed by atoms with Gasteiger partial charge in [0.05, 0.1) is 37.6 Å². The maximum absolute atomic E-state index is 13.3. The van der Waals surface area contributed by atoms with Crippen molar-refractivity contribution in [2.75, 3.05) is 34.0 Å². The maximum atomic E-state index is 13.3. The van der Waals surface area contributed by atoms with Gasteiger partial charge in [0.2, 0.25) is 0 Å². The highest BCUT2D eigenvalue weighted by molar-refractivity contribution is 6.46. The highest BCUT2D eigenvalue weighted by Crippen LogP contribution is 2.42. The molecule has 1 unspecified atom stereocenters. The van der Waals surface area contributed by atoms with E-state index in [9.17, 15) is 14.7 Å². The van der Waals surface area contributed by atoms with Gasteiger partial charge >= 0.3 is 0 Å². The van der Waals surface area contributed by atoms with Gasteiger partial charge in [-0.3, -0.25) is 14.0 Å². The number of unbranched alkanes of at least 4 members (excludes halogenated alkanes) is 1. The van der Waals surface area contributed by atoms with Crippen molar-refractivity contribution in [1.82, 2.24) is 14.3 Å². The zero-order valence-corrected chi connectivity index (χ0v) is 21.0. The number of aromatic nitrogens is 2. The normalized spacial score (nSPS) is 17.2. The summed E-state index contributed by atoms with van der Waals surface area (Å²) in [4.78, 5) is 32.3. The number of aliphatic hydroxyl groups excluding tert-OH is 1. The van der Waals surface area contributed by atoms with E-state index in [0.717, 1.165) is 12.8 Å². The number of ether oxygens (including phenoxy) is 3. The van der Waals surface area contributed by atoms with Gasteiger partial charge in [-0.15, -0.1) is 0 Å². The molecule has 1 amide bonds. The van der Waals surface area contributed by atoms with Gasteiger partial charge in [0, 0.05) is 19.9 Å². The second-order valence-electron chi connectivity index (χ2n) is 8.57. The molecule has 190 valence electrons. The number of fused-ring (bicyclic) bond motifs is 1. The van der Waals surface area contributed by atoms with Crippen molar-refractivity contribution < 1.29 is 28.9 Å². The topological polar surface area (TPSA) is 103 Å². The number of aliphatic hydroxyl groups is 1. The molecule has 1 fully saturated rings. The number of amides is 1. The van der Waals surface area contributed by atoms with E-state index in [1.165, 1.54) is 19.1 Å². The SMILES string of the molecule is CCCCOc1ccc(C2C(=C(O)c3c(C)nc4ccccn34)C(=O)C(=O)N2CCOC)cc1OC. The number of carbonyl (C=O) groups is 2. The van der Waals surface area contributed by atoms with E-state index in [4.69, 9.17) is 14.2 Å². The third kappa shape index (κ3) is 4.54. The fourth-order valence-corrected chi connectivity index (χ4v) is 4.47. The Morgan fingerprint density at radius 1 is 1.11 bits per heavy atom. The summed E-state index contributed by atoms with van der Waals surface area (Å²) in [6.45, 7) is 4.78. The zero-order valence-electron chi connectivity index (χ0n) is 21.0. The number of methoxy groups -OCH3 is 2. The van der Waals surface area contributed by atoms with Gasteiger partial charge in [0.1, 0.15) is 11.3 Å². The number of aryl methyl sites for hydroxylation is 1. The van der Waals surface area contributed by atoms with Crippen molar-refractivity contribution in [3.63, 3.8) is 0 Å². The summed E-state index contributed by atoms with van der Waals surface area (Å²) < 4.78 is 18.3. The quantitative estimate of drug-likeness (QED) is 0.198. The molecule has 9 heteroatoms. The van der Waals surface area contributed by atoms with E-state index in [1.807, 2.05) is 12.1 Å². The van der Waals surface area contributed by atoms with Crippen molar-refractivity contribution in [3.8, 4) is 11.5 Å². The number of pyridine rings is 1. The lowest BCUT2D eigenvalue weighted by Gasteiger charge is -2.25. The van der Waals surface area contributed by atoms with E-state index in [1.54, 1.807) is 41.8 Å². The van der Waals surface area contributed by atoms with E-state index >= 15 is 0 Å². The van der Waals surface area contributed by atoms with Gasteiger partial charge in [-0.05, 0) is 43.2 Å². The van der Waals surface area contributed by atoms with Crippen LogP contribution in [0.5, 0.6) is 11.5 Å². The Balaban J connectivity index is 1.87. The van der Waals surface area contributed by atoms with Crippen LogP contribution in [0, 0.1) is 6.92 Å². The molecule has 1 atom stereocenters. The highest BCUT2D eigenvalue weighted by atomic mass is 16.5. The predicted molar refractivity (Wildman–Crippen MR) is 134 cm³/mol. The van der Waals surface area contributed by atoms with Crippen molar-refractivity contribution in [1.29, 1.82) is 0 Å². The number of likely N-dealkylation sites (tertiary alicyclic amines) is 1. The summed E-state index contributed by atoms with van der Waals surface area (Å²) in [5.41, 5.74) is 2.13. The number of Topliss-reactive ketones (excluding diaryl/α,β-unsaturated/α-hetero) is 1. The molecule has 3 heterocycles. The van der Waals surface area contributed by atoms with E-state index in [2.05, 4.69) is 11.9 Å². The molecule has 1 saturated heterocycles. The molecular formula is C27H31N3O6. The minimum atomic E-state index is -0.840. The molecule has 1 aliphatic heterocycles. The first-order chi connectivity index (χ1) is 17.4. The first-order valence-electron chi connectivity index (χ1n) is 11.9. The van der Waals surface area contributed by atoms with Crippen molar-refractivity contribution >= 4 is 23.1 Å². The van der Waals surface area contributed by atoms with Gasteiger partial charge in [0.25, 0.3) is 11.7 Å². The molecule has 0 spiro atoms. The van der Waals surface area contributed by atoms with Crippen LogP contribution >= 0.6 is 0 Å². The van der Waals surface area contributed by atoms with Crippen molar-refractivity contribution in [2.45, 2.75) is 32.7 Å². The van der Waals surface area contributed by atoms with Crippen LogP contribution in [0.3, 0.4) is 0 Å². The highest BCUT2D eigenvalue weighted by Gasteiger charge is 2.46. The Morgan fingerprint density at radius 3 is 2.64 bits per heavy atom. The molecule has 0 bridgehead atoms. The van der Waals surface area contributed by atoms with Gasteiger partial charge in [-0.2, -0.15) is 0 Å². The molecule has 0 aliphatic carbocycles. The minimum Gasteiger partial charge on any atom is -0.505 e. The number of ketones is 1. The number of benzene rings is 1. The second kappa shape index (κ2) is 10.8. The average Bonchev–Trinajstić information content (AvgIpc) is 3.35. The molecule has 1 N–H and O–H groups in total. The van der Waals surface area contributed by atoms with Gasteiger partial charge in [-0.1, -0.05) is 25.5 Å². The van der Waals surface area contributed by atoms with Crippen molar-refractivity contribution in [3.05, 3.63) is 65.1 Å². The van der Waals surface area contributed by atoms with Gasteiger partial charge in [-0.25, -0.2) is 4.98 Å². The maximum Gasteiger partial charge on any atom is 0.295 e. The summed E-state index contributed by atoms with van der Waals surface area (Å²) in [6, 6.07) is 9.90. The molecule has 9 nitrogen and oxygen atoms in total. The van der Waals surface area contributed by atoms with Crippen LogP contribution in [0.25, 0.3) is 11.4 Å². The number of hydrogen-bond acceptors (Lipinski definition) is 7. The summed E-state index contributed by atoms with van der Waals surface area (Å²) >= 11 is 0. The lowest BCUT2D eigenvalue weighted by molar-refractivity contribution is -0.140. The van der Waals surface area contributed by atoms with Crippen LogP contribution < -0.4 is 9.47 Å². The first-order valence-corrected chi connectivity index (χ1v) is 11.9. The number of hydrogen-bond donors (Lipinski definition) is 1. The van der Waals surface area contributed by atoms with Gasteiger partial charge < -0.3 is 24.2 Å². The van der Waals surface area contributed by atoms with Crippen molar-refractivity contribution in [2.24, 2.45) is 0 Å². The lowest BCUT2D eigenvalue weighted by atomic mass is 9.96. The molecule has 3 aromatic rings. The first kappa shape index (κ1) is 25.2. The zero-order chi connectivity index (χ0) is 25.8. The summed E-state index contributed by atoms with van der Waals surface area (Å²) in [5.74, 6) is -0.696. The average molecular weight is 494 g/mol. The van der Waals surface area contributed by atoms with Crippen LogP contribution in [-0.4, -0.2) is 65.1 Å². The minimum absolute atomic E-state index is 0.00781. The predicted octanol–water partition coefficient (Wildman–Crippen LogP) is 3.90. The third-order valence-corrected chi connectivity index (χ3v) is 6.26. The fraction of sp³-hybridized carbons (Fsp3) is 0.370. The standard InChI is InChI=1S/C27H31N3O6/c1-5-6-14-36-19-11-10-18(16-20(19)35-4)24-22(26(32)27(33)30(24)13-15-34-3)25(31)23-17(2)28-21-9-7-8-12-29(21)23/h7-12,16,24,31H,5-6,13-15H2,1-4H3. The van der Waals surface area contributed by atoms with E-state index < -0.39 is 17.7 Å². The van der Waals surface area contributed by atoms with Crippen LogP contribution in [-0.2, 0) is 14.3 Å².